The number of fused-ring (bicyclic) bond motifs is 2. The van der Waals surface area contributed by atoms with E-state index in [4.69, 9.17) is 15.6 Å². The number of aromatic nitrogens is 4. The van der Waals surface area contributed by atoms with Crippen molar-refractivity contribution in [2.24, 2.45) is 5.73 Å². The van der Waals surface area contributed by atoms with Crippen molar-refractivity contribution >= 4 is 33.7 Å². The van der Waals surface area contributed by atoms with Gasteiger partial charge in [0.05, 0.1) is 16.0 Å². The number of hydrogen-bond acceptors (Lipinski definition) is 7. The Balaban J connectivity index is 0.000000628. The number of H-pyrrole nitrogens is 1. The number of nitro groups is 1. The molecule has 0 aliphatic rings. The van der Waals surface area contributed by atoms with Crippen LogP contribution in [0.2, 0.25) is 0 Å². The van der Waals surface area contributed by atoms with Gasteiger partial charge < -0.3 is 20.4 Å². The molecule has 0 spiro atoms. The molecule has 31 heavy (non-hydrogen) atoms. The Bertz CT molecular complexity index is 1320. The van der Waals surface area contributed by atoms with Crippen LogP contribution >= 0.6 is 0 Å². The Labute approximate surface area is 175 Å². The SMILES string of the molecule is CC(=O)O.NCCCn1cc(-c2nc3ncccc3[nH]c2=O)c2ccc([N+](=O)[O-])cc21. The van der Waals surface area contributed by atoms with Crippen molar-refractivity contribution in [2.75, 3.05) is 6.54 Å². The molecule has 160 valence electrons. The summed E-state index contributed by atoms with van der Waals surface area (Å²) in [6, 6.07) is 8.02. The van der Waals surface area contributed by atoms with Crippen LogP contribution in [-0.4, -0.2) is 42.1 Å². The summed E-state index contributed by atoms with van der Waals surface area (Å²) in [4.78, 5) is 43.7. The van der Waals surface area contributed by atoms with Gasteiger partial charge in [-0.25, -0.2) is 9.97 Å². The van der Waals surface area contributed by atoms with E-state index in [2.05, 4.69) is 15.0 Å². The summed E-state index contributed by atoms with van der Waals surface area (Å²) in [6.07, 6.45) is 4.09. The average Bonchev–Trinajstić information content (AvgIpc) is 3.09. The standard InChI is InChI=1S/C18H16N6O3.C2H4O2/c19-6-2-8-23-10-13(12-5-4-11(24(26)27)9-15(12)23)16-18(25)21-14-3-1-7-20-17(14)22-16;1-2(3)4/h1,3-5,7,9-10H,2,6,8,19H2,(H,21,25);1H3,(H,3,4). The van der Waals surface area contributed by atoms with Crippen LogP contribution in [0.15, 0.2) is 47.5 Å². The van der Waals surface area contributed by atoms with Crippen LogP contribution in [0, 0.1) is 10.1 Å². The summed E-state index contributed by atoms with van der Waals surface area (Å²) in [6.45, 7) is 2.15. The summed E-state index contributed by atoms with van der Waals surface area (Å²) in [5, 5.41) is 19.3. The molecule has 0 aliphatic carbocycles. The molecular formula is C20H20N6O5. The zero-order valence-electron chi connectivity index (χ0n) is 16.6. The molecule has 4 rings (SSSR count). The highest BCUT2D eigenvalue weighted by atomic mass is 16.6. The summed E-state index contributed by atoms with van der Waals surface area (Å²) < 4.78 is 1.87. The third-order valence-electron chi connectivity index (χ3n) is 4.40. The fraction of sp³-hybridized carbons (Fsp3) is 0.200. The summed E-state index contributed by atoms with van der Waals surface area (Å²) in [7, 11) is 0. The Morgan fingerprint density at radius 2 is 2.10 bits per heavy atom. The van der Waals surface area contributed by atoms with Crippen molar-refractivity contribution in [1.82, 2.24) is 19.5 Å². The molecule has 0 radical (unpaired) electrons. The minimum absolute atomic E-state index is 0.0109. The first-order chi connectivity index (χ1) is 14.8. The lowest BCUT2D eigenvalue weighted by atomic mass is 10.1. The second-order valence-corrected chi connectivity index (χ2v) is 6.65. The van der Waals surface area contributed by atoms with Gasteiger partial charge in [-0.3, -0.25) is 19.7 Å². The van der Waals surface area contributed by atoms with Crippen molar-refractivity contribution < 1.29 is 14.8 Å². The Morgan fingerprint density at radius 1 is 1.35 bits per heavy atom. The lowest BCUT2D eigenvalue weighted by Crippen LogP contribution is -2.11. The maximum absolute atomic E-state index is 12.6. The number of carboxylic acid groups (broad SMARTS) is 1. The van der Waals surface area contributed by atoms with E-state index >= 15 is 0 Å². The summed E-state index contributed by atoms with van der Waals surface area (Å²) in [5.41, 5.74) is 7.72. The van der Waals surface area contributed by atoms with Gasteiger partial charge in [-0.15, -0.1) is 0 Å². The highest BCUT2D eigenvalue weighted by Gasteiger charge is 2.18. The van der Waals surface area contributed by atoms with Crippen LogP contribution < -0.4 is 11.3 Å². The molecule has 4 N–H and O–H groups in total. The van der Waals surface area contributed by atoms with E-state index in [1.807, 2.05) is 4.57 Å². The quantitative estimate of drug-likeness (QED) is 0.323. The molecule has 11 nitrogen and oxygen atoms in total. The summed E-state index contributed by atoms with van der Waals surface area (Å²) in [5.74, 6) is -0.833. The van der Waals surface area contributed by atoms with Gasteiger partial charge in [0.25, 0.3) is 17.2 Å². The minimum atomic E-state index is -0.833. The van der Waals surface area contributed by atoms with E-state index in [1.165, 1.54) is 12.1 Å². The normalized spacial score (nSPS) is 10.6. The maximum atomic E-state index is 12.6. The van der Waals surface area contributed by atoms with E-state index in [0.29, 0.717) is 47.1 Å². The number of carbonyl (C=O) groups is 1. The lowest BCUT2D eigenvalue weighted by molar-refractivity contribution is -0.384. The third kappa shape index (κ3) is 4.73. The predicted octanol–water partition coefficient (Wildman–Crippen LogP) is 2.29. The van der Waals surface area contributed by atoms with Crippen LogP contribution in [0.3, 0.4) is 0 Å². The number of non-ortho nitro benzene ring substituents is 1. The molecule has 0 amide bonds. The van der Waals surface area contributed by atoms with Gasteiger partial charge in [0, 0.05) is 48.9 Å². The zero-order valence-corrected chi connectivity index (χ0v) is 16.6. The van der Waals surface area contributed by atoms with E-state index in [0.717, 1.165) is 6.92 Å². The number of aliphatic carboxylic acids is 1. The van der Waals surface area contributed by atoms with Crippen molar-refractivity contribution in [3.63, 3.8) is 0 Å². The Morgan fingerprint density at radius 3 is 2.77 bits per heavy atom. The highest BCUT2D eigenvalue weighted by Crippen LogP contribution is 2.31. The number of nitro benzene ring substituents is 1. The number of aryl methyl sites for hydroxylation is 1. The first-order valence-corrected chi connectivity index (χ1v) is 9.34. The largest absolute Gasteiger partial charge is 0.481 e. The van der Waals surface area contributed by atoms with Crippen LogP contribution in [0.25, 0.3) is 33.3 Å². The number of benzene rings is 1. The topological polar surface area (TPSA) is 170 Å². The molecule has 11 heteroatoms. The molecule has 4 aromatic rings. The van der Waals surface area contributed by atoms with Crippen molar-refractivity contribution in [2.45, 2.75) is 19.9 Å². The number of nitrogens with one attached hydrogen (secondary N) is 1. The molecular weight excluding hydrogens is 404 g/mol. The highest BCUT2D eigenvalue weighted by molar-refractivity contribution is 5.96. The number of nitrogens with zero attached hydrogens (tertiary/aromatic N) is 4. The lowest BCUT2D eigenvalue weighted by Gasteiger charge is -2.03. The van der Waals surface area contributed by atoms with Gasteiger partial charge in [0.1, 0.15) is 5.69 Å². The Kier molecular flexibility index (Phi) is 6.36. The van der Waals surface area contributed by atoms with Gasteiger partial charge in [-0.1, -0.05) is 0 Å². The molecule has 0 bridgehead atoms. The smallest absolute Gasteiger partial charge is 0.300 e. The van der Waals surface area contributed by atoms with E-state index in [1.54, 1.807) is 30.6 Å². The third-order valence-corrected chi connectivity index (χ3v) is 4.40. The maximum Gasteiger partial charge on any atom is 0.300 e. The predicted molar refractivity (Wildman–Crippen MR) is 115 cm³/mol. The minimum Gasteiger partial charge on any atom is -0.481 e. The number of aromatic amines is 1. The Hall–Kier alpha value is -4.12. The van der Waals surface area contributed by atoms with Gasteiger partial charge in [-0.05, 0) is 31.2 Å². The van der Waals surface area contributed by atoms with E-state index in [9.17, 15) is 14.9 Å². The number of pyridine rings is 1. The van der Waals surface area contributed by atoms with Crippen molar-refractivity contribution in [3.05, 3.63) is 63.2 Å². The molecule has 3 heterocycles. The zero-order chi connectivity index (χ0) is 22.5. The second-order valence-electron chi connectivity index (χ2n) is 6.65. The second kappa shape index (κ2) is 9.13. The first kappa shape index (κ1) is 21.6. The number of nitrogens with two attached hydrogens (primary N) is 1. The van der Waals surface area contributed by atoms with E-state index < -0.39 is 10.9 Å². The average molecular weight is 424 g/mol. The number of hydrogen-bond donors (Lipinski definition) is 3. The fourth-order valence-electron chi connectivity index (χ4n) is 3.13. The molecule has 0 saturated carbocycles. The van der Waals surface area contributed by atoms with Gasteiger partial charge >= 0.3 is 0 Å². The number of carboxylic acids is 1. The van der Waals surface area contributed by atoms with Crippen molar-refractivity contribution in [3.8, 4) is 11.3 Å². The number of rotatable bonds is 5. The molecule has 0 unspecified atom stereocenters. The van der Waals surface area contributed by atoms with Crippen LogP contribution in [0.1, 0.15) is 13.3 Å². The summed E-state index contributed by atoms with van der Waals surface area (Å²) >= 11 is 0. The molecule has 0 fully saturated rings. The molecule has 1 aromatic carbocycles. The van der Waals surface area contributed by atoms with E-state index in [-0.39, 0.29) is 16.9 Å². The van der Waals surface area contributed by atoms with Gasteiger partial charge in [-0.2, -0.15) is 0 Å². The van der Waals surface area contributed by atoms with Crippen LogP contribution in [0.4, 0.5) is 5.69 Å². The fourth-order valence-corrected chi connectivity index (χ4v) is 3.13. The molecule has 0 saturated heterocycles. The van der Waals surface area contributed by atoms with Crippen LogP contribution in [-0.2, 0) is 11.3 Å². The van der Waals surface area contributed by atoms with Crippen LogP contribution in [0.5, 0.6) is 0 Å². The molecule has 0 aliphatic heterocycles. The molecule has 0 atom stereocenters. The van der Waals surface area contributed by atoms with Crippen molar-refractivity contribution in [1.29, 1.82) is 0 Å². The van der Waals surface area contributed by atoms with Gasteiger partial charge in [0.15, 0.2) is 5.65 Å². The molecule has 3 aromatic heterocycles. The first-order valence-electron chi connectivity index (χ1n) is 9.34. The monoisotopic (exact) mass is 424 g/mol. The van der Waals surface area contributed by atoms with Gasteiger partial charge in [0.2, 0.25) is 0 Å².